The number of furan rings is 1. The number of imide groups is 1. The normalized spacial score (nSPS) is 18.8. The Hall–Kier alpha value is -2.60. The topological polar surface area (TPSA) is 80.0 Å². The summed E-state index contributed by atoms with van der Waals surface area (Å²) >= 11 is 0. The van der Waals surface area contributed by atoms with Gasteiger partial charge in [0.15, 0.2) is 0 Å². The fraction of sp³-hybridized carbons (Fsp3) is 0.455. The third kappa shape index (κ3) is 4.44. The Kier molecular flexibility index (Phi) is 6.52. The minimum absolute atomic E-state index is 0.157. The van der Waals surface area contributed by atoms with Crippen LogP contribution in [0.25, 0.3) is 0 Å². The first-order chi connectivity index (χ1) is 13.5. The van der Waals surface area contributed by atoms with Gasteiger partial charge in [-0.2, -0.15) is 0 Å². The molecule has 0 saturated carbocycles. The summed E-state index contributed by atoms with van der Waals surface area (Å²) in [4.78, 5) is 26.3. The number of unbranched alkanes of at least 4 members (excludes halogenated alkanes) is 1. The highest BCUT2D eigenvalue weighted by Gasteiger charge is 2.42. The molecule has 0 unspecified atom stereocenters. The van der Waals surface area contributed by atoms with E-state index in [4.69, 9.17) is 9.15 Å². The van der Waals surface area contributed by atoms with Crippen LogP contribution in [-0.2, 0) is 22.4 Å². The second-order valence-electron chi connectivity index (χ2n) is 7.27. The van der Waals surface area contributed by atoms with Crippen LogP contribution >= 0.6 is 0 Å². The maximum absolute atomic E-state index is 13.0. The van der Waals surface area contributed by atoms with Crippen molar-refractivity contribution in [3.8, 4) is 0 Å². The molecule has 1 aromatic carbocycles. The quantitative estimate of drug-likeness (QED) is 0.746. The number of nitrogens with zero attached hydrogens (tertiary/aromatic N) is 1. The lowest BCUT2D eigenvalue weighted by Crippen LogP contribution is -2.44. The Balaban J connectivity index is 1.69. The van der Waals surface area contributed by atoms with Crippen LogP contribution < -0.4 is 0 Å². The number of rotatable bonds is 8. The van der Waals surface area contributed by atoms with Gasteiger partial charge in [0.25, 0.3) is 0 Å². The third-order valence-electron chi connectivity index (χ3n) is 5.13. The molecule has 1 saturated heterocycles. The van der Waals surface area contributed by atoms with E-state index >= 15 is 0 Å². The van der Waals surface area contributed by atoms with E-state index in [9.17, 15) is 14.7 Å². The zero-order valence-electron chi connectivity index (χ0n) is 16.3. The number of aliphatic hydroxyl groups excluding tert-OH is 1. The number of carbonyl (C=O) groups excluding carboxylic acids is 2. The van der Waals surface area contributed by atoms with Crippen molar-refractivity contribution in [1.29, 1.82) is 0 Å². The molecule has 1 aromatic heterocycles. The first-order valence-electron chi connectivity index (χ1n) is 9.81. The highest BCUT2D eigenvalue weighted by atomic mass is 16.6. The first kappa shape index (κ1) is 20.1. The summed E-state index contributed by atoms with van der Waals surface area (Å²) in [5.41, 5.74) is 1.02. The zero-order valence-corrected chi connectivity index (χ0v) is 16.3. The molecule has 0 aliphatic carbocycles. The largest absolute Gasteiger partial charge is 0.463 e. The maximum Gasteiger partial charge on any atom is 0.416 e. The van der Waals surface area contributed by atoms with E-state index in [0.29, 0.717) is 12.2 Å². The highest BCUT2D eigenvalue weighted by molar-refractivity contribution is 5.95. The standard InChI is InChI=1S/C22H27NO5/c1-3-4-10-18-11-12-19(28-18)20(24)15(2)21(25)23-17(14-27-22(23)26)13-16-8-6-5-7-9-16/h5-9,11-12,15,17,20,24H,3-4,10,13-14H2,1-2H3/t15-,17-,20-/m0/s1. The van der Waals surface area contributed by atoms with E-state index in [2.05, 4.69) is 6.92 Å². The van der Waals surface area contributed by atoms with Crippen LogP contribution in [0.15, 0.2) is 46.9 Å². The van der Waals surface area contributed by atoms with Gasteiger partial charge >= 0.3 is 6.09 Å². The Morgan fingerprint density at radius 2 is 2.00 bits per heavy atom. The number of ether oxygens (including phenoxy) is 1. The Morgan fingerprint density at radius 3 is 2.71 bits per heavy atom. The molecule has 1 aliphatic heterocycles. The molecular weight excluding hydrogens is 358 g/mol. The van der Waals surface area contributed by atoms with Crippen LogP contribution in [0.1, 0.15) is 49.9 Å². The van der Waals surface area contributed by atoms with Crippen LogP contribution in [0.5, 0.6) is 0 Å². The molecule has 0 bridgehead atoms. The van der Waals surface area contributed by atoms with Crippen LogP contribution in [0.2, 0.25) is 0 Å². The number of amides is 2. The predicted octanol–water partition coefficient (Wildman–Crippen LogP) is 3.88. The van der Waals surface area contributed by atoms with E-state index in [-0.39, 0.29) is 12.6 Å². The van der Waals surface area contributed by atoms with Crippen molar-refractivity contribution in [3.05, 3.63) is 59.5 Å². The molecule has 1 fully saturated rings. The van der Waals surface area contributed by atoms with Crippen LogP contribution in [0, 0.1) is 5.92 Å². The summed E-state index contributed by atoms with van der Waals surface area (Å²) < 4.78 is 10.8. The average Bonchev–Trinajstić information content (AvgIpc) is 3.32. The number of aliphatic hydroxyl groups is 1. The molecular formula is C22H27NO5. The Morgan fingerprint density at radius 1 is 1.25 bits per heavy atom. The van der Waals surface area contributed by atoms with E-state index in [1.807, 2.05) is 36.4 Å². The molecule has 150 valence electrons. The molecule has 6 nitrogen and oxygen atoms in total. The molecule has 0 spiro atoms. The van der Waals surface area contributed by atoms with Crippen molar-refractivity contribution < 1.29 is 23.8 Å². The Labute approximate surface area is 165 Å². The second kappa shape index (κ2) is 9.06. The number of benzene rings is 1. The van der Waals surface area contributed by atoms with Gasteiger partial charge in [-0.05, 0) is 30.5 Å². The fourth-order valence-corrected chi connectivity index (χ4v) is 3.41. The third-order valence-corrected chi connectivity index (χ3v) is 5.13. The molecule has 2 amide bonds. The molecule has 2 aromatic rings. The molecule has 6 heteroatoms. The zero-order chi connectivity index (χ0) is 20.1. The summed E-state index contributed by atoms with van der Waals surface area (Å²) in [6.45, 7) is 3.86. The molecule has 1 aliphatic rings. The van der Waals surface area contributed by atoms with Gasteiger partial charge in [-0.15, -0.1) is 0 Å². The molecule has 2 heterocycles. The first-order valence-corrected chi connectivity index (χ1v) is 9.81. The average molecular weight is 385 g/mol. The van der Waals surface area contributed by atoms with Gasteiger partial charge in [-0.3, -0.25) is 4.79 Å². The lowest BCUT2D eigenvalue weighted by Gasteiger charge is -2.25. The minimum Gasteiger partial charge on any atom is -0.463 e. The van der Waals surface area contributed by atoms with Gasteiger partial charge in [0.2, 0.25) is 5.91 Å². The number of hydrogen-bond donors (Lipinski definition) is 1. The number of cyclic esters (lactones) is 1. The van der Waals surface area contributed by atoms with Crippen molar-refractivity contribution in [2.75, 3.05) is 6.61 Å². The van der Waals surface area contributed by atoms with Gasteiger partial charge in [0.05, 0.1) is 12.0 Å². The van der Waals surface area contributed by atoms with E-state index in [1.165, 1.54) is 0 Å². The van der Waals surface area contributed by atoms with Crippen LogP contribution in [0.3, 0.4) is 0 Å². The SMILES string of the molecule is CCCCc1ccc([C@@H](O)[C@H](C)C(=O)N2C(=O)OC[C@@H]2Cc2ccccc2)o1. The highest BCUT2D eigenvalue weighted by Crippen LogP contribution is 2.28. The maximum atomic E-state index is 13.0. The van der Waals surface area contributed by atoms with Crippen molar-refractivity contribution in [3.63, 3.8) is 0 Å². The summed E-state index contributed by atoms with van der Waals surface area (Å²) in [5, 5.41) is 10.6. The second-order valence-corrected chi connectivity index (χ2v) is 7.27. The minimum atomic E-state index is -1.12. The summed E-state index contributed by atoms with van der Waals surface area (Å²) in [5.74, 6) is -0.145. The van der Waals surface area contributed by atoms with Gasteiger partial charge in [-0.1, -0.05) is 50.6 Å². The van der Waals surface area contributed by atoms with Crippen molar-refractivity contribution in [1.82, 2.24) is 4.90 Å². The molecule has 1 N–H and O–H groups in total. The van der Waals surface area contributed by atoms with Crippen LogP contribution in [-0.4, -0.2) is 34.7 Å². The lowest BCUT2D eigenvalue weighted by atomic mass is 9.99. The van der Waals surface area contributed by atoms with Crippen molar-refractivity contribution in [2.24, 2.45) is 5.92 Å². The number of hydrogen-bond acceptors (Lipinski definition) is 5. The van der Waals surface area contributed by atoms with Gasteiger partial charge in [0, 0.05) is 6.42 Å². The molecule has 3 atom stereocenters. The predicted molar refractivity (Wildman–Crippen MR) is 104 cm³/mol. The summed E-state index contributed by atoms with van der Waals surface area (Å²) in [7, 11) is 0. The number of carbonyl (C=O) groups is 2. The molecule has 3 rings (SSSR count). The van der Waals surface area contributed by atoms with Gasteiger partial charge in [-0.25, -0.2) is 9.69 Å². The van der Waals surface area contributed by atoms with Crippen molar-refractivity contribution in [2.45, 2.75) is 51.7 Å². The smallest absolute Gasteiger partial charge is 0.416 e. The summed E-state index contributed by atoms with van der Waals surface area (Å²) in [6, 6.07) is 12.8. The molecule has 28 heavy (non-hydrogen) atoms. The monoisotopic (exact) mass is 385 g/mol. The lowest BCUT2D eigenvalue weighted by molar-refractivity contribution is -0.137. The summed E-state index contributed by atoms with van der Waals surface area (Å²) in [6.07, 6.45) is 1.58. The number of aryl methyl sites for hydroxylation is 1. The van der Waals surface area contributed by atoms with Gasteiger partial charge in [0.1, 0.15) is 24.2 Å². The fourth-order valence-electron chi connectivity index (χ4n) is 3.41. The van der Waals surface area contributed by atoms with E-state index < -0.39 is 24.0 Å². The van der Waals surface area contributed by atoms with Crippen LogP contribution in [0.4, 0.5) is 4.79 Å². The van der Waals surface area contributed by atoms with Crippen molar-refractivity contribution >= 4 is 12.0 Å². The van der Waals surface area contributed by atoms with Gasteiger partial charge < -0.3 is 14.3 Å². The Bertz CT molecular complexity index is 800. The molecule has 0 radical (unpaired) electrons. The van der Waals surface area contributed by atoms with E-state index in [1.54, 1.807) is 13.0 Å². The van der Waals surface area contributed by atoms with E-state index in [0.717, 1.165) is 35.5 Å².